The van der Waals surface area contributed by atoms with Gasteiger partial charge >= 0.3 is 0 Å². The van der Waals surface area contributed by atoms with Gasteiger partial charge < -0.3 is 4.98 Å². The summed E-state index contributed by atoms with van der Waals surface area (Å²) in [6, 6.07) is 9.11. The van der Waals surface area contributed by atoms with Gasteiger partial charge in [0.2, 0.25) is 0 Å². The van der Waals surface area contributed by atoms with E-state index >= 15 is 0 Å². The molecule has 0 saturated heterocycles. The summed E-state index contributed by atoms with van der Waals surface area (Å²) in [5.74, 6) is 0. The molecule has 0 radical (unpaired) electrons. The lowest BCUT2D eigenvalue weighted by molar-refractivity contribution is 1.01. The van der Waals surface area contributed by atoms with Crippen LogP contribution in [0.15, 0.2) is 30.5 Å². The van der Waals surface area contributed by atoms with Crippen LogP contribution >= 0.6 is 0 Å². The Hall–Kier alpha value is -1.50. The topological polar surface area (TPSA) is 15.8 Å². The first-order valence-electron chi connectivity index (χ1n) is 6.47. The highest BCUT2D eigenvalue weighted by molar-refractivity contribution is 5.34. The van der Waals surface area contributed by atoms with Gasteiger partial charge in [0.15, 0.2) is 0 Å². The molecule has 1 aromatic heterocycles. The predicted octanol–water partition coefficient (Wildman–Crippen LogP) is 4.04. The molecule has 0 atom stereocenters. The Morgan fingerprint density at radius 3 is 2.47 bits per heavy atom. The van der Waals surface area contributed by atoms with Crippen LogP contribution in [0.3, 0.4) is 0 Å². The molecule has 1 heteroatoms. The monoisotopic (exact) mass is 227 g/mol. The van der Waals surface area contributed by atoms with E-state index in [0.29, 0.717) is 0 Å². The lowest BCUT2D eigenvalue weighted by atomic mass is 9.99. The Morgan fingerprint density at radius 2 is 1.76 bits per heavy atom. The van der Waals surface area contributed by atoms with E-state index < -0.39 is 0 Å². The van der Waals surface area contributed by atoms with E-state index in [-0.39, 0.29) is 0 Å². The molecule has 1 N–H and O–H groups in total. The van der Waals surface area contributed by atoms with Gasteiger partial charge in [-0.15, -0.1) is 0 Å². The van der Waals surface area contributed by atoms with Gasteiger partial charge in [0.25, 0.3) is 0 Å². The third-order valence-electron chi connectivity index (χ3n) is 3.28. The Kier molecular flexibility index (Phi) is 3.68. The van der Waals surface area contributed by atoms with Crippen LogP contribution in [0.5, 0.6) is 0 Å². The maximum Gasteiger partial charge on any atom is 0.0180 e. The van der Waals surface area contributed by atoms with Crippen molar-refractivity contribution >= 4 is 0 Å². The van der Waals surface area contributed by atoms with Crippen molar-refractivity contribution in [1.82, 2.24) is 4.98 Å². The van der Waals surface area contributed by atoms with Crippen LogP contribution in [-0.2, 0) is 19.3 Å². The van der Waals surface area contributed by atoms with Crippen molar-refractivity contribution in [3.05, 3.63) is 58.4 Å². The summed E-state index contributed by atoms with van der Waals surface area (Å²) < 4.78 is 0. The molecule has 0 unspecified atom stereocenters. The summed E-state index contributed by atoms with van der Waals surface area (Å²) in [4.78, 5) is 3.32. The van der Waals surface area contributed by atoms with Crippen LogP contribution < -0.4 is 0 Å². The molecule has 0 spiro atoms. The molecule has 0 aliphatic carbocycles. The molecule has 1 heterocycles. The van der Waals surface area contributed by atoms with E-state index in [2.05, 4.69) is 50.0 Å². The average Bonchev–Trinajstić information content (AvgIpc) is 2.75. The molecule has 17 heavy (non-hydrogen) atoms. The minimum atomic E-state index is 1.04. The maximum atomic E-state index is 3.32. The number of aromatic amines is 1. The maximum absolute atomic E-state index is 3.32. The molecule has 0 saturated carbocycles. The standard InChI is InChI=1S/C16H21N/c1-4-13-8-12(3)9-14(10-13)11-15-6-7-17-16(15)5-2/h6-10,17H,4-5,11H2,1-3H3. The third kappa shape index (κ3) is 2.79. The predicted molar refractivity (Wildman–Crippen MR) is 73.5 cm³/mol. The van der Waals surface area contributed by atoms with E-state index in [4.69, 9.17) is 0 Å². The molecular formula is C16H21N. The fourth-order valence-corrected chi connectivity index (χ4v) is 2.40. The van der Waals surface area contributed by atoms with Crippen molar-refractivity contribution in [1.29, 1.82) is 0 Å². The highest BCUT2D eigenvalue weighted by Gasteiger charge is 2.04. The SMILES string of the molecule is CCc1cc(C)cc(Cc2cc[nH]c2CC)c1. The minimum Gasteiger partial charge on any atom is -0.365 e. The van der Waals surface area contributed by atoms with Gasteiger partial charge in [-0.2, -0.15) is 0 Å². The molecule has 2 rings (SSSR count). The summed E-state index contributed by atoms with van der Waals surface area (Å²) in [6.45, 7) is 6.59. The molecule has 0 bridgehead atoms. The van der Waals surface area contributed by atoms with Crippen LogP contribution in [0.2, 0.25) is 0 Å². The first kappa shape index (κ1) is 12.0. The zero-order chi connectivity index (χ0) is 12.3. The van der Waals surface area contributed by atoms with Gasteiger partial charge in [-0.1, -0.05) is 37.6 Å². The number of H-pyrrole nitrogens is 1. The molecule has 90 valence electrons. The number of nitrogens with one attached hydrogen (secondary N) is 1. The highest BCUT2D eigenvalue weighted by atomic mass is 14.7. The second-order valence-electron chi connectivity index (χ2n) is 4.69. The zero-order valence-corrected chi connectivity index (χ0v) is 11.0. The molecule has 0 aliphatic heterocycles. The highest BCUT2D eigenvalue weighted by Crippen LogP contribution is 2.17. The molecule has 1 aromatic carbocycles. The van der Waals surface area contributed by atoms with Crippen molar-refractivity contribution in [2.45, 2.75) is 40.0 Å². The van der Waals surface area contributed by atoms with Gasteiger partial charge in [-0.25, -0.2) is 0 Å². The van der Waals surface area contributed by atoms with Gasteiger partial charge in [-0.05, 0) is 48.9 Å². The van der Waals surface area contributed by atoms with Crippen molar-refractivity contribution in [3.8, 4) is 0 Å². The fourth-order valence-electron chi connectivity index (χ4n) is 2.40. The second kappa shape index (κ2) is 5.22. The number of rotatable bonds is 4. The number of hydrogen-bond donors (Lipinski definition) is 1. The smallest absolute Gasteiger partial charge is 0.0180 e. The largest absolute Gasteiger partial charge is 0.365 e. The first-order chi connectivity index (χ1) is 8.22. The van der Waals surface area contributed by atoms with E-state index in [0.717, 1.165) is 19.3 Å². The Bertz CT molecular complexity index is 494. The lowest BCUT2D eigenvalue weighted by Crippen LogP contribution is -1.94. The van der Waals surface area contributed by atoms with Crippen molar-refractivity contribution in [3.63, 3.8) is 0 Å². The Morgan fingerprint density at radius 1 is 1.00 bits per heavy atom. The fraction of sp³-hybridized carbons (Fsp3) is 0.375. The second-order valence-corrected chi connectivity index (χ2v) is 4.69. The van der Waals surface area contributed by atoms with E-state index in [1.54, 1.807) is 0 Å². The van der Waals surface area contributed by atoms with Crippen molar-refractivity contribution < 1.29 is 0 Å². The van der Waals surface area contributed by atoms with Gasteiger partial charge in [0.1, 0.15) is 0 Å². The number of benzene rings is 1. The number of aryl methyl sites for hydroxylation is 3. The van der Waals surface area contributed by atoms with Crippen LogP contribution in [0.4, 0.5) is 0 Å². The molecule has 2 aromatic rings. The summed E-state index contributed by atoms with van der Waals surface area (Å²) in [6.07, 6.45) is 5.28. The molecule has 0 fully saturated rings. The number of aromatic nitrogens is 1. The molecule has 0 amide bonds. The first-order valence-corrected chi connectivity index (χ1v) is 6.47. The van der Waals surface area contributed by atoms with E-state index in [9.17, 15) is 0 Å². The van der Waals surface area contributed by atoms with Gasteiger partial charge in [0.05, 0.1) is 0 Å². The third-order valence-corrected chi connectivity index (χ3v) is 3.28. The minimum absolute atomic E-state index is 1.04. The zero-order valence-electron chi connectivity index (χ0n) is 11.0. The summed E-state index contributed by atoms with van der Waals surface area (Å²) in [5, 5.41) is 0. The molecule has 1 nitrogen and oxygen atoms in total. The van der Waals surface area contributed by atoms with Gasteiger partial charge in [-0.3, -0.25) is 0 Å². The van der Waals surface area contributed by atoms with Crippen LogP contribution in [0, 0.1) is 6.92 Å². The normalized spacial score (nSPS) is 10.8. The van der Waals surface area contributed by atoms with Crippen molar-refractivity contribution in [2.24, 2.45) is 0 Å². The van der Waals surface area contributed by atoms with Crippen LogP contribution in [0.25, 0.3) is 0 Å². The summed E-state index contributed by atoms with van der Waals surface area (Å²) >= 11 is 0. The Labute approximate surface area is 104 Å². The van der Waals surface area contributed by atoms with Crippen molar-refractivity contribution in [2.75, 3.05) is 0 Å². The summed E-state index contributed by atoms with van der Waals surface area (Å²) in [7, 11) is 0. The average molecular weight is 227 g/mol. The molecule has 0 aliphatic rings. The van der Waals surface area contributed by atoms with E-state index in [1.165, 1.54) is 27.9 Å². The number of hydrogen-bond acceptors (Lipinski definition) is 0. The van der Waals surface area contributed by atoms with Gasteiger partial charge in [0, 0.05) is 11.9 Å². The van der Waals surface area contributed by atoms with E-state index in [1.807, 2.05) is 6.20 Å². The van der Waals surface area contributed by atoms with Crippen LogP contribution in [0.1, 0.15) is 41.8 Å². The molecular weight excluding hydrogens is 206 g/mol. The quantitative estimate of drug-likeness (QED) is 0.811. The van der Waals surface area contributed by atoms with Crippen LogP contribution in [-0.4, -0.2) is 4.98 Å². The summed E-state index contributed by atoms with van der Waals surface area (Å²) in [5.41, 5.74) is 7.03. The lowest BCUT2D eigenvalue weighted by Gasteiger charge is -2.07. The Balaban J connectivity index is 2.26.